The number of nitrogens with two attached hydrogens (primary N) is 1. The van der Waals surface area contributed by atoms with Crippen LogP contribution in [0.25, 0.3) is 0 Å². The second kappa shape index (κ2) is 6.64. The zero-order valence-corrected chi connectivity index (χ0v) is 11.5. The van der Waals surface area contributed by atoms with Gasteiger partial charge in [-0.05, 0) is 30.4 Å². The van der Waals surface area contributed by atoms with Crippen LogP contribution in [0.4, 0.5) is 5.69 Å². The Morgan fingerprint density at radius 2 is 2.22 bits per heavy atom. The summed E-state index contributed by atoms with van der Waals surface area (Å²) in [6, 6.07) is 6.11. The molecule has 0 bridgehead atoms. The summed E-state index contributed by atoms with van der Waals surface area (Å²) in [5.74, 6) is 0. The quantitative estimate of drug-likeness (QED) is 0.532. The van der Waals surface area contributed by atoms with E-state index in [1.807, 2.05) is 0 Å². The maximum Gasteiger partial charge on any atom is 0.238 e. The lowest BCUT2D eigenvalue weighted by atomic mass is 10.3. The maximum atomic E-state index is 11.2. The number of rotatable bonds is 5. The second-order valence-corrected chi connectivity index (χ2v) is 5.42. The summed E-state index contributed by atoms with van der Waals surface area (Å²) in [6.45, 7) is 1.09. The van der Waals surface area contributed by atoms with Gasteiger partial charge in [-0.15, -0.1) is 0 Å². The van der Waals surface area contributed by atoms with Crippen molar-refractivity contribution in [3.63, 3.8) is 0 Å². The number of thiocarbonyl (C=S) groups is 1. The van der Waals surface area contributed by atoms with E-state index in [4.69, 9.17) is 22.1 Å². The van der Waals surface area contributed by atoms with Crippen LogP contribution in [0.2, 0.25) is 0 Å². The zero-order chi connectivity index (χ0) is 13.6. The molecule has 0 saturated carbocycles. The average molecular weight is 289 g/mol. The molecular weight excluding hydrogens is 274 g/mol. The lowest BCUT2D eigenvalue weighted by molar-refractivity contribution is 0.204. The summed E-state index contributed by atoms with van der Waals surface area (Å²) in [5, 5.41) is 11.2. The Kier molecular flexibility index (Phi) is 5.48. The monoisotopic (exact) mass is 289 g/mol. The second-order valence-electron chi connectivity index (χ2n) is 3.45. The lowest BCUT2D eigenvalue weighted by Crippen LogP contribution is -2.31. The summed E-state index contributed by atoms with van der Waals surface area (Å²) in [6.07, 6.45) is 0. The molecule has 0 amide bonds. The first-order valence-electron chi connectivity index (χ1n) is 5.10. The topological polar surface area (TPSA) is 93.4 Å². The Morgan fingerprint density at radius 1 is 1.50 bits per heavy atom. The molecule has 6 nitrogen and oxygen atoms in total. The van der Waals surface area contributed by atoms with E-state index in [0.717, 1.165) is 0 Å². The van der Waals surface area contributed by atoms with Crippen molar-refractivity contribution in [2.75, 3.05) is 25.6 Å². The van der Waals surface area contributed by atoms with Crippen LogP contribution >= 0.6 is 12.2 Å². The zero-order valence-electron chi connectivity index (χ0n) is 9.84. The highest BCUT2D eigenvalue weighted by molar-refractivity contribution is 7.89. The van der Waals surface area contributed by atoms with Crippen molar-refractivity contribution in [1.82, 2.24) is 5.32 Å². The molecule has 0 aliphatic heterocycles. The van der Waals surface area contributed by atoms with Crippen LogP contribution < -0.4 is 15.8 Å². The highest BCUT2D eigenvalue weighted by Crippen LogP contribution is 2.13. The van der Waals surface area contributed by atoms with Crippen LogP contribution in [0.15, 0.2) is 29.2 Å². The van der Waals surface area contributed by atoms with E-state index in [-0.39, 0.29) is 4.90 Å². The number of hydrogen-bond donors (Lipinski definition) is 3. The molecule has 4 N–H and O–H groups in total. The van der Waals surface area contributed by atoms with Gasteiger partial charge in [0.2, 0.25) is 10.0 Å². The van der Waals surface area contributed by atoms with Gasteiger partial charge < -0.3 is 15.4 Å². The minimum atomic E-state index is -3.71. The first kappa shape index (κ1) is 14.8. The van der Waals surface area contributed by atoms with E-state index < -0.39 is 10.0 Å². The minimum absolute atomic E-state index is 0.0344. The van der Waals surface area contributed by atoms with Crippen LogP contribution in [0.1, 0.15) is 0 Å². The van der Waals surface area contributed by atoms with E-state index in [1.165, 1.54) is 12.1 Å². The Balaban J connectivity index is 2.65. The summed E-state index contributed by atoms with van der Waals surface area (Å²) >= 11 is 5.03. The fourth-order valence-corrected chi connectivity index (χ4v) is 1.97. The number of nitrogens with one attached hydrogen (secondary N) is 2. The summed E-state index contributed by atoms with van der Waals surface area (Å²) in [7, 11) is -2.11. The van der Waals surface area contributed by atoms with Gasteiger partial charge in [0.1, 0.15) is 0 Å². The number of ether oxygens (including phenoxy) is 1. The van der Waals surface area contributed by atoms with Crippen molar-refractivity contribution in [2.24, 2.45) is 5.14 Å². The Bertz CT molecular complexity index is 517. The van der Waals surface area contributed by atoms with Gasteiger partial charge in [-0.2, -0.15) is 0 Å². The molecule has 100 valence electrons. The molecule has 8 heteroatoms. The predicted molar refractivity (Wildman–Crippen MR) is 73.9 cm³/mol. The highest BCUT2D eigenvalue weighted by atomic mass is 32.2. The average Bonchev–Trinajstić information content (AvgIpc) is 2.28. The fourth-order valence-electron chi connectivity index (χ4n) is 1.19. The van der Waals surface area contributed by atoms with Crippen molar-refractivity contribution >= 4 is 33.0 Å². The van der Waals surface area contributed by atoms with E-state index in [0.29, 0.717) is 24.0 Å². The fraction of sp³-hybridized carbons (Fsp3) is 0.300. The van der Waals surface area contributed by atoms with Crippen LogP contribution in [-0.2, 0) is 14.8 Å². The molecule has 0 radical (unpaired) electrons. The van der Waals surface area contributed by atoms with Gasteiger partial charge in [0.15, 0.2) is 5.11 Å². The van der Waals surface area contributed by atoms with Gasteiger partial charge in [0, 0.05) is 19.3 Å². The third kappa shape index (κ3) is 4.96. The van der Waals surface area contributed by atoms with Crippen LogP contribution in [0.3, 0.4) is 0 Å². The van der Waals surface area contributed by atoms with Crippen LogP contribution in [-0.4, -0.2) is 33.8 Å². The molecule has 18 heavy (non-hydrogen) atoms. The molecule has 1 aromatic rings. The molecule has 0 heterocycles. The van der Waals surface area contributed by atoms with E-state index in [2.05, 4.69) is 10.6 Å². The van der Waals surface area contributed by atoms with Crippen molar-refractivity contribution in [2.45, 2.75) is 4.90 Å². The molecule has 0 spiro atoms. The Hall–Kier alpha value is -1.22. The minimum Gasteiger partial charge on any atom is -0.383 e. The smallest absolute Gasteiger partial charge is 0.238 e. The van der Waals surface area contributed by atoms with E-state index in [9.17, 15) is 8.42 Å². The molecule has 1 aromatic carbocycles. The lowest BCUT2D eigenvalue weighted by Gasteiger charge is -2.10. The first-order valence-corrected chi connectivity index (χ1v) is 7.05. The van der Waals surface area contributed by atoms with Gasteiger partial charge in [-0.25, -0.2) is 13.6 Å². The molecule has 0 saturated heterocycles. The molecule has 0 fully saturated rings. The molecule has 0 unspecified atom stereocenters. The number of primary sulfonamides is 1. The molecular formula is C10H15N3O3S2. The summed E-state index contributed by atoms with van der Waals surface area (Å²) < 4.78 is 27.2. The molecule has 0 aliphatic carbocycles. The number of anilines is 1. The van der Waals surface area contributed by atoms with Gasteiger partial charge in [0.05, 0.1) is 11.5 Å². The summed E-state index contributed by atoms with van der Waals surface area (Å²) in [5.41, 5.74) is 0.552. The number of sulfonamides is 1. The van der Waals surface area contributed by atoms with Crippen LogP contribution in [0.5, 0.6) is 0 Å². The SMILES string of the molecule is COCCNC(=S)Nc1cccc(S(N)(=O)=O)c1. The number of hydrogen-bond acceptors (Lipinski definition) is 4. The number of benzene rings is 1. The molecule has 0 atom stereocenters. The van der Waals surface area contributed by atoms with E-state index >= 15 is 0 Å². The van der Waals surface area contributed by atoms with Crippen molar-refractivity contribution in [1.29, 1.82) is 0 Å². The standard InChI is InChI=1S/C10H15N3O3S2/c1-16-6-5-12-10(17)13-8-3-2-4-9(7-8)18(11,14)15/h2-4,7H,5-6H2,1H3,(H2,11,14,15)(H2,12,13,17). The van der Waals surface area contributed by atoms with Gasteiger partial charge in [0.25, 0.3) is 0 Å². The third-order valence-corrected chi connectivity index (χ3v) is 3.17. The van der Waals surface area contributed by atoms with Crippen molar-refractivity contribution in [3.05, 3.63) is 24.3 Å². The largest absolute Gasteiger partial charge is 0.383 e. The summed E-state index contributed by atoms with van der Waals surface area (Å²) in [4.78, 5) is 0.0344. The normalized spacial score (nSPS) is 11.0. The molecule has 0 aromatic heterocycles. The van der Waals surface area contributed by atoms with E-state index in [1.54, 1.807) is 19.2 Å². The Morgan fingerprint density at radius 3 is 2.83 bits per heavy atom. The van der Waals surface area contributed by atoms with Gasteiger partial charge >= 0.3 is 0 Å². The van der Waals surface area contributed by atoms with Gasteiger partial charge in [-0.3, -0.25) is 0 Å². The third-order valence-electron chi connectivity index (χ3n) is 2.01. The van der Waals surface area contributed by atoms with Crippen molar-refractivity contribution < 1.29 is 13.2 Å². The first-order chi connectivity index (χ1) is 8.43. The molecule has 0 aliphatic rings. The predicted octanol–water partition coefficient (Wildman–Crippen LogP) is 0.267. The van der Waals surface area contributed by atoms with Crippen LogP contribution in [0, 0.1) is 0 Å². The number of methoxy groups -OCH3 is 1. The maximum absolute atomic E-state index is 11.2. The Labute approximate surface area is 112 Å². The van der Waals surface area contributed by atoms with Crippen molar-refractivity contribution in [3.8, 4) is 0 Å². The van der Waals surface area contributed by atoms with Gasteiger partial charge in [-0.1, -0.05) is 6.07 Å². The highest BCUT2D eigenvalue weighted by Gasteiger charge is 2.08. The molecule has 1 rings (SSSR count).